The highest BCUT2D eigenvalue weighted by Crippen LogP contribution is 2.23. The van der Waals surface area contributed by atoms with Gasteiger partial charge in [-0.15, -0.1) is 0 Å². The minimum atomic E-state index is -0.250. The van der Waals surface area contributed by atoms with Gasteiger partial charge in [0, 0.05) is 19.1 Å². The molecule has 1 aromatic carbocycles. The SMILES string of the molecule is CC1CN(C(=O)C2CC(c3ccc(F)cc3)NN2)CCO1. The fourth-order valence-corrected chi connectivity index (χ4v) is 2.87. The normalized spacial score (nSPS) is 29.6. The zero-order valence-electron chi connectivity index (χ0n) is 12.0. The van der Waals surface area contributed by atoms with Gasteiger partial charge in [-0.05, 0) is 31.0 Å². The number of hydrogen-bond donors (Lipinski definition) is 2. The second-order valence-electron chi connectivity index (χ2n) is 5.65. The van der Waals surface area contributed by atoms with Crippen LogP contribution in [0.25, 0.3) is 0 Å². The van der Waals surface area contributed by atoms with Gasteiger partial charge in [0.25, 0.3) is 0 Å². The van der Waals surface area contributed by atoms with Crippen molar-refractivity contribution in [3.8, 4) is 0 Å². The Bertz CT molecular complexity index is 508. The minimum absolute atomic E-state index is 0.0259. The third-order valence-corrected chi connectivity index (χ3v) is 4.03. The Kier molecular flexibility index (Phi) is 4.19. The van der Waals surface area contributed by atoms with Crippen molar-refractivity contribution >= 4 is 5.91 Å². The molecule has 0 aliphatic carbocycles. The fraction of sp³-hybridized carbons (Fsp3) is 0.533. The molecule has 3 unspecified atom stereocenters. The number of amides is 1. The summed E-state index contributed by atoms with van der Waals surface area (Å²) in [6.45, 7) is 3.84. The number of ether oxygens (including phenoxy) is 1. The van der Waals surface area contributed by atoms with Crippen molar-refractivity contribution in [2.24, 2.45) is 0 Å². The van der Waals surface area contributed by atoms with Gasteiger partial charge < -0.3 is 9.64 Å². The number of halogens is 1. The van der Waals surface area contributed by atoms with Crippen LogP contribution >= 0.6 is 0 Å². The molecule has 21 heavy (non-hydrogen) atoms. The number of rotatable bonds is 2. The van der Waals surface area contributed by atoms with Crippen LogP contribution in [0, 0.1) is 5.82 Å². The highest BCUT2D eigenvalue weighted by molar-refractivity contribution is 5.82. The van der Waals surface area contributed by atoms with Gasteiger partial charge in [-0.1, -0.05) is 12.1 Å². The molecule has 0 aromatic heterocycles. The van der Waals surface area contributed by atoms with Crippen LogP contribution in [0.5, 0.6) is 0 Å². The Morgan fingerprint density at radius 3 is 2.81 bits per heavy atom. The molecule has 2 aliphatic rings. The van der Waals surface area contributed by atoms with Crippen molar-refractivity contribution in [1.29, 1.82) is 0 Å². The van der Waals surface area contributed by atoms with Gasteiger partial charge in [0.2, 0.25) is 5.91 Å². The van der Waals surface area contributed by atoms with Crippen molar-refractivity contribution in [3.63, 3.8) is 0 Å². The smallest absolute Gasteiger partial charge is 0.241 e. The second-order valence-corrected chi connectivity index (χ2v) is 5.65. The average Bonchev–Trinajstić information content (AvgIpc) is 2.97. The first-order valence-electron chi connectivity index (χ1n) is 7.30. The van der Waals surface area contributed by atoms with E-state index in [-0.39, 0.29) is 29.9 Å². The molecule has 5 nitrogen and oxygen atoms in total. The number of hydrogen-bond acceptors (Lipinski definition) is 4. The second kappa shape index (κ2) is 6.09. The Morgan fingerprint density at radius 2 is 2.10 bits per heavy atom. The first-order valence-corrected chi connectivity index (χ1v) is 7.30. The predicted molar refractivity (Wildman–Crippen MR) is 75.8 cm³/mol. The fourth-order valence-electron chi connectivity index (χ4n) is 2.87. The standard InChI is InChI=1S/C15H20FN3O2/c1-10-9-19(6-7-21-10)15(20)14-8-13(17-18-14)11-2-4-12(16)5-3-11/h2-5,10,13-14,17-18H,6-9H2,1H3. The number of nitrogens with one attached hydrogen (secondary N) is 2. The van der Waals surface area contributed by atoms with Crippen LogP contribution in [-0.4, -0.2) is 42.6 Å². The molecule has 6 heteroatoms. The maximum atomic E-state index is 12.9. The number of benzene rings is 1. The van der Waals surface area contributed by atoms with Crippen LogP contribution in [0.3, 0.4) is 0 Å². The van der Waals surface area contributed by atoms with E-state index in [1.165, 1.54) is 12.1 Å². The number of carbonyl (C=O) groups excluding carboxylic acids is 1. The summed E-state index contributed by atoms with van der Waals surface area (Å²) in [5, 5.41) is 0. The van der Waals surface area contributed by atoms with E-state index in [1.807, 2.05) is 11.8 Å². The van der Waals surface area contributed by atoms with Crippen LogP contribution in [-0.2, 0) is 9.53 Å². The van der Waals surface area contributed by atoms with Crippen LogP contribution in [0.4, 0.5) is 4.39 Å². The van der Waals surface area contributed by atoms with Crippen LogP contribution in [0.15, 0.2) is 24.3 Å². The topological polar surface area (TPSA) is 53.6 Å². The molecule has 1 aromatic rings. The van der Waals surface area contributed by atoms with Crippen molar-refractivity contribution in [3.05, 3.63) is 35.6 Å². The van der Waals surface area contributed by atoms with E-state index in [2.05, 4.69) is 10.9 Å². The lowest BCUT2D eigenvalue weighted by atomic mass is 10.0. The molecular weight excluding hydrogens is 273 g/mol. The molecule has 114 valence electrons. The quantitative estimate of drug-likeness (QED) is 0.853. The Balaban J connectivity index is 1.61. The maximum absolute atomic E-state index is 12.9. The van der Waals surface area contributed by atoms with Crippen molar-refractivity contribution < 1.29 is 13.9 Å². The molecule has 2 N–H and O–H groups in total. The molecule has 0 saturated carbocycles. The van der Waals surface area contributed by atoms with E-state index < -0.39 is 0 Å². The van der Waals surface area contributed by atoms with Gasteiger partial charge in [0.1, 0.15) is 11.9 Å². The summed E-state index contributed by atoms with van der Waals surface area (Å²) in [6.07, 6.45) is 0.751. The maximum Gasteiger partial charge on any atom is 0.241 e. The minimum Gasteiger partial charge on any atom is -0.375 e. The predicted octanol–water partition coefficient (Wildman–Crippen LogP) is 0.981. The lowest BCUT2D eigenvalue weighted by Crippen LogP contribution is -2.51. The number of nitrogens with zero attached hydrogens (tertiary/aromatic N) is 1. The highest BCUT2D eigenvalue weighted by atomic mass is 19.1. The Hall–Kier alpha value is -1.50. The molecule has 1 amide bonds. The zero-order chi connectivity index (χ0) is 14.8. The third-order valence-electron chi connectivity index (χ3n) is 4.03. The molecule has 2 aliphatic heterocycles. The van der Waals surface area contributed by atoms with Crippen molar-refractivity contribution in [2.45, 2.75) is 31.5 Å². The van der Waals surface area contributed by atoms with Crippen LogP contribution in [0.1, 0.15) is 24.9 Å². The molecule has 3 atom stereocenters. The Morgan fingerprint density at radius 1 is 1.33 bits per heavy atom. The van der Waals surface area contributed by atoms with E-state index in [9.17, 15) is 9.18 Å². The lowest BCUT2D eigenvalue weighted by Gasteiger charge is -2.32. The summed E-state index contributed by atoms with van der Waals surface area (Å²) in [5.74, 6) is -0.151. The highest BCUT2D eigenvalue weighted by Gasteiger charge is 2.34. The number of hydrazine groups is 1. The van der Waals surface area contributed by atoms with Crippen molar-refractivity contribution in [2.75, 3.05) is 19.7 Å². The monoisotopic (exact) mass is 293 g/mol. The van der Waals surface area contributed by atoms with Gasteiger partial charge in [0.15, 0.2) is 0 Å². The molecule has 0 bridgehead atoms. The van der Waals surface area contributed by atoms with Crippen molar-refractivity contribution in [1.82, 2.24) is 15.8 Å². The molecule has 2 saturated heterocycles. The van der Waals surface area contributed by atoms with E-state index in [4.69, 9.17) is 4.74 Å². The summed E-state index contributed by atoms with van der Waals surface area (Å²) in [7, 11) is 0. The first kappa shape index (κ1) is 14.4. The van der Waals surface area contributed by atoms with E-state index in [0.717, 1.165) is 5.56 Å². The van der Waals surface area contributed by atoms with E-state index in [0.29, 0.717) is 26.1 Å². The molecule has 0 spiro atoms. The number of morpholine rings is 1. The summed E-state index contributed by atoms with van der Waals surface area (Å²) < 4.78 is 18.4. The molecule has 2 fully saturated rings. The summed E-state index contributed by atoms with van der Waals surface area (Å²) in [4.78, 5) is 14.3. The summed E-state index contributed by atoms with van der Waals surface area (Å²) in [6, 6.07) is 6.16. The molecule has 3 rings (SSSR count). The zero-order valence-corrected chi connectivity index (χ0v) is 12.0. The molecule has 2 heterocycles. The molecule has 0 radical (unpaired) electrons. The van der Waals surface area contributed by atoms with Crippen LogP contribution in [0.2, 0.25) is 0 Å². The largest absolute Gasteiger partial charge is 0.375 e. The van der Waals surface area contributed by atoms with Gasteiger partial charge in [-0.2, -0.15) is 0 Å². The lowest BCUT2D eigenvalue weighted by molar-refractivity contribution is -0.140. The van der Waals surface area contributed by atoms with Crippen LogP contribution < -0.4 is 10.9 Å². The average molecular weight is 293 g/mol. The van der Waals surface area contributed by atoms with Gasteiger partial charge in [-0.3, -0.25) is 4.79 Å². The molecular formula is C15H20FN3O2. The Labute approximate surface area is 123 Å². The summed E-state index contributed by atoms with van der Waals surface area (Å²) in [5.41, 5.74) is 7.16. The third kappa shape index (κ3) is 3.23. The summed E-state index contributed by atoms with van der Waals surface area (Å²) >= 11 is 0. The van der Waals surface area contributed by atoms with Gasteiger partial charge >= 0.3 is 0 Å². The van der Waals surface area contributed by atoms with E-state index in [1.54, 1.807) is 12.1 Å². The number of carbonyl (C=O) groups is 1. The van der Waals surface area contributed by atoms with E-state index >= 15 is 0 Å². The van der Waals surface area contributed by atoms with Gasteiger partial charge in [0.05, 0.1) is 12.7 Å². The van der Waals surface area contributed by atoms with Gasteiger partial charge in [-0.25, -0.2) is 15.2 Å². The first-order chi connectivity index (χ1) is 10.1.